The van der Waals surface area contributed by atoms with Crippen LogP contribution >= 0.6 is 0 Å². The van der Waals surface area contributed by atoms with Gasteiger partial charge in [0.25, 0.3) is 5.91 Å². The third-order valence-corrected chi connectivity index (χ3v) is 7.06. The van der Waals surface area contributed by atoms with Gasteiger partial charge in [0.2, 0.25) is 10.0 Å². The van der Waals surface area contributed by atoms with Crippen molar-refractivity contribution in [2.45, 2.75) is 25.2 Å². The van der Waals surface area contributed by atoms with Crippen molar-refractivity contribution in [1.29, 1.82) is 0 Å². The molecular formula is C22H29N3O3S. The molecule has 6 nitrogen and oxygen atoms in total. The Morgan fingerprint density at radius 2 is 1.66 bits per heavy atom. The number of carbonyl (C=O) groups excluding carboxylic acids is 1. The van der Waals surface area contributed by atoms with Gasteiger partial charge in [-0.15, -0.1) is 0 Å². The summed E-state index contributed by atoms with van der Waals surface area (Å²) in [5, 5.41) is 2.83. The van der Waals surface area contributed by atoms with Gasteiger partial charge in [-0.2, -0.15) is 4.31 Å². The molecule has 0 bridgehead atoms. The fraction of sp³-hybridized carbons (Fsp3) is 0.409. The lowest BCUT2D eigenvalue weighted by molar-refractivity contribution is 0.102. The lowest BCUT2D eigenvalue weighted by Gasteiger charge is -2.34. The number of nitrogens with zero attached hydrogens (tertiary/aromatic N) is 2. The first-order valence-corrected chi connectivity index (χ1v) is 11.3. The van der Waals surface area contributed by atoms with E-state index in [-0.39, 0.29) is 10.8 Å². The maximum absolute atomic E-state index is 13.0. The van der Waals surface area contributed by atoms with E-state index in [1.54, 1.807) is 34.6 Å². The standard InChI is InChI=1S/C22H29N3O3S/c1-16-12-17(2)15-25(14-16)29(27,28)21-10-8-19(9-11-21)23-22(26)18-6-5-7-20(13-18)24(3)4/h5-11,13,16-17H,12,14-15H2,1-4H3,(H,23,26)/t16-,17+. The van der Waals surface area contributed by atoms with Crippen molar-refractivity contribution in [1.82, 2.24) is 4.31 Å². The van der Waals surface area contributed by atoms with E-state index >= 15 is 0 Å². The monoisotopic (exact) mass is 415 g/mol. The van der Waals surface area contributed by atoms with Gasteiger partial charge in [0, 0.05) is 44.1 Å². The van der Waals surface area contributed by atoms with E-state index in [4.69, 9.17) is 0 Å². The molecule has 7 heteroatoms. The topological polar surface area (TPSA) is 69.7 Å². The van der Waals surface area contributed by atoms with Gasteiger partial charge in [0.05, 0.1) is 4.90 Å². The van der Waals surface area contributed by atoms with Crippen LogP contribution in [0.3, 0.4) is 0 Å². The third-order valence-electron chi connectivity index (χ3n) is 5.21. The molecule has 1 saturated heterocycles. The summed E-state index contributed by atoms with van der Waals surface area (Å²) >= 11 is 0. The molecule has 1 amide bonds. The second-order valence-corrected chi connectivity index (χ2v) is 10.1. The van der Waals surface area contributed by atoms with Crippen molar-refractivity contribution in [3.63, 3.8) is 0 Å². The molecule has 1 fully saturated rings. The molecule has 1 heterocycles. The largest absolute Gasteiger partial charge is 0.378 e. The van der Waals surface area contributed by atoms with Crippen LogP contribution in [0.2, 0.25) is 0 Å². The molecular weight excluding hydrogens is 386 g/mol. The number of anilines is 2. The zero-order valence-corrected chi connectivity index (χ0v) is 18.2. The predicted octanol–water partition coefficient (Wildman–Crippen LogP) is 3.67. The highest BCUT2D eigenvalue weighted by molar-refractivity contribution is 7.89. The van der Waals surface area contributed by atoms with E-state index in [0.29, 0.717) is 36.2 Å². The molecule has 1 aliphatic heterocycles. The third kappa shape index (κ3) is 4.97. The highest BCUT2D eigenvalue weighted by Gasteiger charge is 2.31. The fourth-order valence-electron chi connectivity index (χ4n) is 3.79. The zero-order valence-electron chi connectivity index (χ0n) is 17.4. The van der Waals surface area contributed by atoms with E-state index in [0.717, 1.165) is 12.1 Å². The number of amides is 1. The fourth-order valence-corrected chi connectivity index (χ4v) is 5.47. The number of carbonyl (C=O) groups is 1. The van der Waals surface area contributed by atoms with Crippen molar-refractivity contribution in [3.05, 3.63) is 54.1 Å². The van der Waals surface area contributed by atoms with Gasteiger partial charge < -0.3 is 10.2 Å². The highest BCUT2D eigenvalue weighted by Crippen LogP contribution is 2.27. The molecule has 156 valence electrons. The summed E-state index contributed by atoms with van der Waals surface area (Å²) in [4.78, 5) is 14.7. The summed E-state index contributed by atoms with van der Waals surface area (Å²) in [5.74, 6) is 0.470. The first-order valence-electron chi connectivity index (χ1n) is 9.86. The number of hydrogen-bond acceptors (Lipinski definition) is 4. The maximum Gasteiger partial charge on any atom is 0.255 e. The van der Waals surface area contributed by atoms with Crippen LogP contribution in [-0.4, -0.2) is 45.8 Å². The summed E-state index contributed by atoms with van der Waals surface area (Å²) in [6.45, 7) is 5.27. The molecule has 29 heavy (non-hydrogen) atoms. The van der Waals surface area contributed by atoms with E-state index in [2.05, 4.69) is 19.2 Å². The van der Waals surface area contributed by atoms with Crippen molar-refractivity contribution < 1.29 is 13.2 Å². The Morgan fingerprint density at radius 1 is 1.03 bits per heavy atom. The quantitative estimate of drug-likeness (QED) is 0.809. The SMILES string of the molecule is C[C@@H]1C[C@H](C)CN(S(=O)(=O)c2ccc(NC(=O)c3cccc(N(C)C)c3)cc2)C1. The molecule has 0 aromatic heterocycles. The molecule has 3 rings (SSSR count). The van der Waals surface area contributed by atoms with Crippen LogP contribution in [0.1, 0.15) is 30.6 Å². The highest BCUT2D eigenvalue weighted by atomic mass is 32.2. The second kappa shape index (κ2) is 8.55. The first kappa shape index (κ1) is 21.3. The molecule has 1 N–H and O–H groups in total. The van der Waals surface area contributed by atoms with Crippen molar-refractivity contribution >= 4 is 27.3 Å². The molecule has 0 unspecified atom stereocenters. The number of hydrogen-bond donors (Lipinski definition) is 1. The minimum absolute atomic E-state index is 0.233. The van der Waals surface area contributed by atoms with Gasteiger partial charge in [-0.3, -0.25) is 4.79 Å². The Kier molecular flexibility index (Phi) is 6.29. The average molecular weight is 416 g/mol. The van der Waals surface area contributed by atoms with E-state index < -0.39 is 10.0 Å². The molecule has 2 aromatic rings. The maximum atomic E-state index is 13.0. The van der Waals surface area contributed by atoms with Crippen molar-refractivity contribution in [2.75, 3.05) is 37.4 Å². The molecule has 0 aliphatic carbocycles. The number of rotatable bonds is 5. The van der Waals surface area contributed by atoms with Gasteiger partial charge >= 0.3 is 0 Å². The Morgan fingerprint density at radius 3 is 2.24 bits per heavy atom. The van der Waals surface area contributed by atoms with Gasteiger partial charge in [-0.1, -0.05) is 19.9 Å². The van der Waals surface area contributed by atoms with Crippen LogP contribution < -0.4 is 10.2 Å². The zero-order chi connectivity index (χ0) is 21.2. The summed E-state index contributed by atoms with van der Waals surface area (Å²) < 4.78 is 27.5. The van der Waals surface area contributed by atoms with Gasteiger partial charge in [-0.05, 0) is 60.7 Å². The smallest absolute Gasteiger partial charge is 0.255 e. The lowest BCUT2D eigenvalue weighted by atomic mass is 9.94. The molecule has 0 spiro atoms. The number of benzene rings is 2. The molecule has 2 aromatic carbocycles. The van der Waals surface area contributed by atoms with Crippen molar-refractivity contribution in [3.8, 4) is 0 Å². The van der Waals surface area contributed by atoms with Crippen LogP contribution in [0.25, 0.3) is 0 Å². The Hall–Kier alpha value is -2.38. The van der Waals surface area contributed by atoms with E-state index in [9.17, 15) is 13.2 Å². The van der Waals surface area contributed by atoms with Crippen LogP contribution in [0, 0.1) is 11.8 Å². The summed E-state index contributed by atoms with van der Waals surface area (Å²) in [6.07, 6.45) is 1.05. The van der Waals surface area contributed by atoms with Gasteiger partial charge in [-0.25, -0.2) is 8.42 Å². The van der Waals surface area contributed by atoms with Gasteiger partial charge in [0.1, 0.15) is 0 Å². The summed E-state index contributed by atoms with van der Waals surface area (Å²) in [5.41, 5.74) is 2.04. The average Bonchev–Trinajstić information content (AvgIpc) is 2.67. The summed E-state index contributed by atoms with van der Waals surface area (Å²) in [7, 11) is 0.308. The number of piperidine rings is 1. The van der Waals surface area contributed by atoms with Crippen LogP contribution in [0.15, 0.2) is 53.4 Å². The molecule has 0 saturated carbocycles. The Bertz CT molecular complexity index is 961. The van der Waals surface area contributed by atoms with E-state index in [1.807, 2.05) is 37.2 Å². The number of nitrogens with one attached hydrogen (secondary N) is 1. The molecule has 1 aliphatic rings. The normalized spacial score (nSPS) is 20.3. The van der Waals surface area contributed by atoms with Gasteiger partial charge in [0.15, 0.2) is 0 Å². The van der Waals surface area contributed by atoms with Crippen LogP contribution in [0.5, 0.6) is 0 Å². The van der Waals surface area contributed by atoms with Crippen LogP contribution in [-0.2, 0) is 10.0 Å². The minimum Gasteiger partial charge on any atom is -0.378 e. The molecule has 0 radical (unpaired) electrons. The first-order chi connectivity index (χ1) is 13.7. The van der Waals surface area contributed by atoms with Crippen LogP contribution in [0.4, 0.5) is 11.4 Å². The lowest BCUT2D eigenvalue weighted by Crippen LogP contribution is -2.42. The van der Waals surface area contributed by atoms with E-state index in [1.165, 1.54) is 0 Å². The van der Waals surface area contributed by atoms with Crippen molar-refractivity contribution in [2.24, 2.45) is 11.8 Å². The molecule has 2 atom stereocenters. The number of sulfonamides is 1. The second-order valence-electron chi connectivity index (χ2n) is 8.19. The minimum atomic E-state index is -3.53. The Labute approximate surface area is 173 Å². The predicted molar refractivity (Wildman–Crippen MR) is 117 cm³/mol. The Balaban J connectivity index is 1.73. The summed E-state index contributed by atoms with van der Waals surface area (Å²) in [6, 6.07) is 13.7.